The molecule has 0 aliphatic heterocycles. The lowest BCUT2D eigenvalue weighted by atomic mass is 10.1. The monoisotopic (exact) mass is 285 g/mol. The molecular formula is C13H23N3O2S. The highest BCUT2D eigenvalue weighted by Gasteiger charge is 2.22. The summed E-state index contributed by atoms with van der Waals surface area (Å²) in [5, 5.41) is 2.98. The zero-order valence-corrected chi connectivity index (χ0v) is 12.6. The molecule has 1 aromatic rings. The van der Waals surface area contributed by atoms with E-state index in [4.69, 9.17) is 0 Å². The summed E-state index contributed by atoms with van der Waals surface area (Å²) in [5.74, 6) is 0.406. The molecule has 0 saturated heterocycles. The number of rotatable bonds is 8. The minimum Gasteiger partial charge on any atom is -0.369 e. The fourth-order valence-corrected chi connectivity index (χ4v) is 3.37. The van der Waals surface area contributed by atoms with Gasteiger partial charge >= 0.3 is 0 Å². The van der Waals surface area contributed by atoms with Gasteiger partial charge in [0, 0.05) is 18.8 Å². The first-order valence-corrected chi connectivity index (χ1v) is 8.24. The molecule has 0 fully saturated rings. The van der Waals surface area contributed by atoms with Crippen molar-refractivity contribution in [1.29, 1.82) is 0 Å². The summed E-state index contributed by atoms with van der Waals surface area (Å²) < 4.78 is 27.5. The SMILES string of the molecule is CCCC(CC)NS(=O)(=O)c1cccnc1NCC. The van der Waals surface area contributed by atoms with Crippen LogP contribution < -0.4 is 10.0 Å². The van der Waals surface area contributed by atoms with Crippen LogP contribution in [-0.2, 0) is 10.0 Å². The molecule has 0 aromatic carbocycles. The fraction of sp³-hybridized carbons (Fsp3) is 0.615. The zero-order valence-electron chi connectivity index (χ0n) is 11.8. The van der Waals surface area contributed by atoms with Crippen LogP contribution in [0.4, 0.5) is 5.82 Å². The second-order valence-electron chi connectivity index (χ2n) is 4.40. The number of hydrogen-bond acceptors (Lipinski definition) is 4. The molecule has 0 saturated carbocycles. The Kier molecular flexibility index (Phi) is 6.24. The number of nitrogens with one attached hydrogen (secondary N) is 2. The van der Waals surface area contributed by atoms with Crippen molar-refractivity contribution < 1.29 is 8.42 Å². The van der Waals surface area contributed by atoms with Crippen molar-refractivity contribution in [2.75, 3.05) is 11.9 Å². The summed E-state index contributed by atoms with van der Waals surface area (Å²) in [6.45, 7) is 6.57. The third kappa shape index (κ3) is 4.47. The van der Waals surface area contributed by atoms with Crippen LogP contribution in [0.25, 0.3) is 0 Å². The molecule has 1 unspecified atom stereocenters. The van der Waals surface area contributed by atoms with Crippen molar-refractivity contribution in [3.63, 3.8) is 0 Å². The molecule has 0 bridgehead atoms. The molecule has 0 aliphatic carbocycles. The van der Waals surface area contributed by atoms with E-state index in [1.807, 2.05) is 20.8 Å². The van der Waals surface area contributed by atoms with Gasteiger partial charge in [0.25, 0.3) is 0 Å². The van der Waals surface area contributed by atoms with Crippen molar-refractivity contribution in [1.82, 2.24) is 9.71 Å². The topological polar surface area (TPSA) is 71.1 Å². The van der Waals surface area contributed by atoms with E-state index in [1.54, 1.807) is 18.3 Å². The molecule has 0 spiro atoms. The minimum atomic E-state index is -3.52. The predicted octanol–water partition coefficient (Wildman–Crippen LogP) is 2.37. The second-order valence-corrected chi connectivity index (χ2v) is 6.08. The van der Waals surface area contributed by atoms with Crippen LogP contribution in [0.1, 0.15) is 40.0 Å². The van der Waals surface area contributed by atoms with Gasteiger partial charge in [0.2, 0.25) is 10.0 Å². The second kappa shape index (κ2) is 7.45. The molecule has 6 heteroatoms. The number of anilines is 1. The van der Waals surface area contributed by atoms with Gasteiger partial charge in [-0.1, -0.05) is 20.3 Å². The van der Waals surface area contributed by atoms with Crippen LogP contribution >= 0.6 is 0 Å². The number of nitrogens with zero attached hydrogens (tertiary/aromatic N) is 1. The number of hydrogen-bond donors (Lipinski definition) is 2. The third-order valence-electron chi connectivity index (χ3n) is 2.86. The van der Waals surface area contributed by atoms with Gasteiger partial charge in [-0.15, -0.1) is 0 Å². The summed E-state index contributed by atoms with van der Waals surface area (Å²) in [6.07, 6.45) is 4.16. The Morgan fingerprint density at radius 1 is 1.32 bits per heavy atom. The van der Waals surface area contributed by atoms with Crippen molar-refractivity contribution >= 4 is 15.8 Å². The smallest absolute Gasteiger partial charge is 0.244 e. The van der Waals surface area contributed by atoms with Crippen molar-refractivity contribution in [2.45, 2.75) is 51.0 Å². The van der Waals surface area contributed by atoms with Gasteiger partial charge < -0.3 is 5.32 Å². The molecular weight excluding hydrogens is 262 g/mol. The van der Waals surface area contributed by atoms with Crippen LogP contribution in [0.5, 0.6) is 0 Å². The van der Waals surface area contributed by atoms with Gasteiger partial charge in [-0.25, -0.2) is 18.1 Å². The van der Waals surface area contributed by atoms with Crippen LogP contribution in [0.15, 0.2) is 23.2 Å². The van der Waals surface area contributed by atoms with Gasteiger partial charge in [-0.2, -0.15) is 0 Å². The Labute approximate surface area is 115 Å². The average Bonchev–Trinajstić information content (AvgIpc) is 2.39. The van der Waals surface area contributed by atoms with Crippen LogP contribution in [0.2, 0.25) is 0 Å². The minimum absolute atomic E-state index is 0.0234. The maximum absolute atomic E-state index is 12.4. The van der Waals surface area contributed by atoms with Gasteiger partial charge in [0.05, 0.1) is 0 Å². The van der Waals surface area contributed by atoms with Gasteiger partial charge in [-0.3, -0.25) is 0 Å². The van der Waals surface area contributed by atoms with E-state index >= 15 is 0 Å². The summed E-state index contributed by atoms with van der Waals surface area (Å²) in [5.41, 5.74) is 0. The van der Waals surface area contributed by atoms with Gasteiger partial charge in [0.15, 0.2) is 0 Å². The highest BCUT2D eigenvalue weighted by atomic mass is 32.2. The van der Waals surface area contributed by atoms with Crippen LogP contribution in [0, 0.1) is 0 Å². The zero-order chi connectivity index (χ0) is 14.3. The van der Waals surface area contributed by atoms with E-state index < -0.39 is 10.0 Å². The van der Waals surface area contributed by atoms with Crippen molar-refractivity contribution in [3.05, 3.63) is 18.3 Å². The van der Waals surface area contributed by atoms with E-state index in [1.165, 1.54) is 0 Å². The first-order valence-electron chi connectivity index (χ1n) is 6.76. The quantitative estimate of drug-likeness (QED) is 0.769. The molecule has 1 rings (SSSR count). The number of sulfonamides is 1. The average molecular weight is 285 g/mol. The highest BCUT2D eigenvalue weighted by Crippen LogP contribution is 2.19. The van der Waals surface area contributed by atoms with Crippen molar-refractivity contribution in [3.8, 4) is 0 Å². The highest BCUT2D eigenvalue weighted by molar-refractivity contribution is 7.89. The maximum atomic E-state index is 12.4. The Balaban J connectivity index is 2.99. The molecule has 0 amide bonds. The molecule has 2 N–H and O–H groups in total. The van der Waals surface area contributed by atoms with Gasteiger partial charge in [0.1, 0.15) is 10.7 Å². The van der Waals surface area contributed by atoms with Crippen LogP contribution in [0.3, 0.4) is 0 Å². The molecule has 1 aromatic heterocycles. The van der Waals surface area contributed by atoms with E-state index in [9.17, 15) is 8.42 Å². The normalized spacial score (nSPS) is 13.2. The van der Waals surface area contributed by atoms with Crippen molar-refractivity contribution in [2.24, 2.45) is 0 Å². The van der Waals surface area contributed by atoms with E-state index in [2.05, 4.69) is 15.0 Å². The largest absolute Gasteiger partial charge is 0.369 e. The lowest BCUT2D eigenvalue weighted by Crippen LogP contribution is -2.34. The maximum Gasteiger partial charge on any atom is 0.244 e. The first kappa shape index (κ1) is 15.9. The number of aromatic nitrogens is 1. The van der Waals surface area contributed by atoms with Gasteiger partial charge in [-0.05, 0) is 31.9 Å². The van der Waals surface area contributed by atoms with E-state index in [0.717, 1.165) is 19.3 Å². The molecule has 19 heavy (non-hydrogen) atoms. The Bertz CT molecular complexity index is 488. The molecule has 1 heterocycles. The molecule has 1 atom stereocenters. The Morgan fingerprint density at radius 3 is 2.63 bits per heavy atom. The molecule has 0 radical (unpaired) electrons. The summed E-state index contributed by atoms with van der Waals surface area (Å²) >= 11 is 0. The molecule has 108 valence electrons. The summed E-state index contributed by atoms with van der Waals surface area (Å²) in [4.78, 5) is 4.30. The lowest BCUT2D eigenvalue weighted by Gasteiger charge is -2.17. The molecule has 0 aliphatic rings. The third-order valence-corrected chi connectivity index (χ3v) is 4.41. The standard InChI is InChI=1S/C13H23N3O2S/c1-4-8-11(5-2)16-19(17,18)12-9-7-10-15-13(12)14-6-3/h7,9-11,16H,4-6,8H2,1-3H3,(H,14,15). The van der Waals surface area contributed by atoms with E-state index in [0.29, 0.717) is 12.4 Å². The summed E-state index contributed by atoms with van der Waals surface area (Å²) in [6, 6.07) is 3.19. The number of pyridine rings is 1. The van der Waals surface area contributed by atoms with E-state index in [-0.39, 0.29) is 10.9 Å². The summed E-state index contributed by atoms with van der Waals surface area (Å²) in [7, 11) is -3.52. The Hall–Kier alpha value is -1.14. The lowest BCUT2D eigenvalue weighted by molar-refractivity contribution is 0.512. The Morgan fingerprint density at radius 2 is 2.05 bits per heavy atom. The van der Waals surface area contributed by atoms with Crippen LogP contribution in [-0.4, -0.2) is 26.0 Å². The predicted molar refractivity (Wildman–Crippen MR) is 77.7 cm³/mol. The first-order chi connectivity index (χ1) is 9.05. The molecule has 5 nitrogen and oxygen atoms in total. The fourth-order valence-electron chi connectivity index (χ4n) is 1.89.